The van der Waals surface area contributed by atoms with Crippen molar-refractivity contribution in [2.45, 2.75) is 37.3 Å². The fourth-order valence-corrected chi connectivity index (χ4v) is 4.90. The van der Waals surface area contributed by atoms with Gasteiger partial charge in [-0.25, -0.2) is 13.2 Å². The second-order valence-corrected chi connectivity index (χ2v) is 9.84. The van der Waals surface area contributed by atoms with E-state index in [0.717, 1.165) is 22.0 Å². The normalized spacial score (nSPS) is 13.6. The molecule has 0 fully saturated rings. The summed E-state index contributed by atoms with van der Waals surface area (Å²) in [6.07, 6.45) is -2.71. The van der Waals surface area contributed by atoms with E-state index in [4.69, 9.17) is 0 Å². The number of benzene rings is 2. The number of rotatable bonds is 11. The molecule has 0 saturated carbocycles. The number of nitrogens with one attached hydrogen (secondary N) is 1. The van der Waals surface area contributed by atoms with E-state index in [1.54, 1.807) is 44.2 Å². The summed E-state index contributed by atoms with van der Waals surface area (Å²) in [7, 11) is -4.36. The average molecular weight is 484 g/mol. The number of hydrogen-bond acceptors (Lipinski definition) is 6. The van der Waals surface area contributed by atoms with Crippen LogP contribution >= 0.6 is 0 Å². The molecular formula is C21H26FN3O7S. The zero-order chi connectivity index (χ0) is 24.8. The third-order valence-electron chi connectivity index (χ3n) is 4.78. The number of aliphatic hydroxyl groups excluding tert-OH is 1. The Morgan fingerprint density at radius 2 is 1.82 bits per heavy atom. The van der Waals surface area contributed by atoms with Gasteiger partial charge in [0.1, 0.15) is 0 Å². The van der Waals surface area contributed by atoms with Crippen LogP contribution in [0.5, 0.6) is 0 Å². The Morgan fingerprint density at radius 3 is 2.33 bits per heavy atom. The van der Waals surface area contributed by atoms with Gasteiger partial charge in [-0.05, 0) is 24.0 Å². The number of nitrogens with zero attached hydrogens (tertiary/aromatic N) is 2. The summed E-state index contributed by atoms with van der Waals surface area (Å²) in [4.78, 5) is 20.6. The molecule has 2 aromatic carbocycles. The molecule has 0 aliphatic heterocycles. The number of carbonyl (C=O) groups is 1. The Labute approximate surface area is 190 Å². The van der Waals surface area contributed by atoms with Crippen molar-refractivity contribution in [1.82, 2.24) is 9.62 Å². The zero-order valence-corrected chi connectivity index (χ0v) is 18.9. The number of nitro groups is 1. The van der Waals surface area contributed by atoms with Crippen LogP contribution in [0, 0.1) is 21.8 Å². The lowest BCUT2D eigenvalue weighted by molar-refractivity contribution is -0.387. The molecule has 0 heterocycles. The summed E-state index contributed by atoms with van der Waals surface area (Å²) >= 11 is 0. The predicted octanol–water partition coefficient (Wildman–Crippen LogP) is 2.62. The van der Waals surface area contributed by atoms with Gasteiger partial charge in [-0.2, -0.15) is 8.70 Å². The molecule has 0 aromatic heterocycles. The Kier molecular flexibility index (Phi) is 8.85. The molecule has 0 bridgehead atoms. The number of halogens is 1. The molecule has 0 saturated heterocycles. The van der Waals surface area contributed by atoms with Gasteiger partial charge in [-0.15, -0.1) is 0 Å². The summed E-state index contributed by atoms with van der Waals surface area (Å²) in [6.45, 7) is 2.95. The summed E-state index contributed by atoms with van der Waals surface area (Å²) in [6, 6.07) is 9.98. The third kappa shape index (κ3) is 7.20. The highest BCUT2D eigenvalue weighted by molar-refractivity contribution is 7.89. The van der Waals surface area contributed by atoms with Crippen LogP contribution in [0.25, 0.3) is 0 Å². The fraction of sp³-hybridized carbons (Fsp3) is 0.381. The molecule has 10 nitrogen and oxygen atoms in total. The average Bonchev–Trinajstić information content (AvgIpc) is 2.72. The highest BCUT2D eigenvalue weighted by Crippen LogP contribution is 2.24. The van der Waals surface area contributed by atoms with Crippen LogP contribution in [0.15, 0.2) is 53.4 Å². The molecule has 0 radical (unpaired) electrons. The second-order valence-electron chi connectivity index (χ2n) is 7.90. The van der Waals surface area contributed by atoms with Crippen molar-refractivity contribution >= 4 is 21.8 Å². The van der Waals surface area contributed by atoms with Gasteiger partial charge in [0.05, 0.1) is 22.0 Å². The van der Waals surface area contributed by atoms with E-state index in [0.29, 0.717) is 6.07 Å². The summed E-state index contributed by atoms with van der Waals surface area (Å²) in [5.41, 5.74) is -0.135. The van der Waals surface area contributed by atoms with E-state index in [-0.39, 0.29) is 18.9 Å². The third-order valence-corrected chi connectivity index (χ3v) is 6.61. The van der Waals surface area contributed by atoms with E-state index in [2.05, 4.69) is 5.32 Å². The standard InChI is InChI=1S/C21H26FN3O7S/c1-14(2)12-24(33(31,32)16-8-9-19(25(29)30)17(22)11-16)13-20(26)18(23-21(27)28)10-15-6-4-3-5-7-15/h3-9,11,14,18,20,23,26H,10,12-13H2,1-2H3,(H,27,28)/t18-,20+/m0/s1. The molecule has 33 heavy (non-hydrogen) atoms. The van der Waals surface area contributed by atoms with Gasteiger partial charge in [0.2, 0.25) is 15.8 Å². The van der Waals surface area contributed by atoms with Gasteiger partial charge in [0.25, 0.3) is 0 Å². The molecule has 0 aliphatic rings. The Bertz CT molecular complexity index is 1080. The Morgan fingerprint density at radius 1 is 1.18 bits per heavy atom. The quantitative estimate of drug-likeness (QED) is 0.328. The number of nitro benzene ring substituents is 1. The molecule has 12 heteroatoms. The molecule has 0 unspecified atom stereocenters. The maximum atomic E-state index is 14.1. The van der Waals surface area contributed by atoms with E-state index >= 15 is 0 Å². The first-order valence-corrected chi connectivity index (χ1v) is 11.5. The largest absolute Gasteiger partial charge is 0.465 e. The van der Waals surface area contributed by atoms with Gasteiger partial charge in [0, 0.05) is 25.2 Å². The molecule has 2 atom stereocenters. The first-order chi connectivity index (χ1) is 15.4. The minimum Gasteiger partial charge on any atom is -0.465 e. The highest BCUT2D eigenvalue weighted by Gasteiger charge is 2.32. The molecule has 2 aromatic rings. The van der Waals surface area contributed by atoms with E-state index in [9.17, 15) is 37.9 Å². The van der Waals surface area contributed by atoms with Crippen LogP contribution in [0.4, 0.5) is 14.9 Å². The molecule has 0 aliphatic carbocycles. The molecule has 180 valence electrons. The molecule has 3 N–H and O–H groups in total. The summed E-state index contributed by atoms with van der Waals surface area (Å²) in [5.74, 6) is -1.49. The van der Waals surface area contributed by atoms with Crippen LogP contribution in [-0.2, 0) is 16.4 Å². The lowest BCUT2D eigenvalue weighted by Crippen LogP contribution is -2.50. The van der Waals surface area contributed by atoms with E-state index < -0.39 is 56.1 Å². The number of aliphatic hydroxyl groups is 1. The Balaban J connectivity index is 2.34. The monoisotopic (exact) mass is 483 g/mol. The first kappa shape index (κ1) is 26.2. The molecule has 0 spiro atoms. The lowest BCUT2D eigenvalue weighted by Gasteiger charge is -2.30. The first-order valence-electron chi connectivity index (χ1n) is 10.1. The maximum Gasteiger partial charge on any atom is 0.404 e. The van der Waals surface area contributed by atoms with Gasteiger partial charge in [-0.3, -0.25) is 10.1 Å². The van der Waals surface area contributed by atoms with Gasteiger partial charge < -0.3 is 15.5 Å². The highest BCUT2D eigenvalue weighted by atomic mass is 32.2. The minimum atomic E-state index is -4.36. The predicted molar refractivity (Wildman–Crippen MR) is 118 cm³/mol. The van der Waals surface area contributed by atoms with E-state index in [1.807, 2.05) is 0 Å². The van der Waals surface area contributed by atoms with Gasteiger partial charge in [0.15, 0.2) is 0 Å². The number of carboxylic acid groups (broad SMARTS) is 1. The fourth-order valence-electron chi connectivity index (χ4n) is 3.27. The molecule has 2 rings (SSSR count). The van der Waals surface area contributed by atoms with Crippen molar-refractivity contribution < 1.29 is 32.7 Å². The van der Waals surface area contributed by atoms with Crippen molar-refractivity contribution in [2.75, 3.05) is 13.1 Å². The number of hydrogen-bond donors (Lipinski definition) is 3. The zero-order valence-electron chi connectivity index (χ0n) is 18.1. The second kappa shape index (κ2) is 11.2. The minimum absolute atomic E-state index is 0.0525. The number of sulfonamides is 1. The smallest absolute Gasteiger partial charge is 0.404 e. The van der Waals surface area contributed by atoms with Crippen molar-refractivity contribution in [2.24, 2.45) is 5.92 Å². The van der Waals surface area contributed by atoms with Gasteiger partial charge >= 0.3 is 11.8 Å². The lowest BCUT2D eigenvalue weighted by atomic mass is 10.0. The topological polar surface area (TPSA) is 150 Å². The van der Waals surface area contributed by atoms with Crippen LogP contribution < -0.4 is 5.32 Å². The summed E-state index contributed by atoms with van der Waals surface area (Å²) in [5, 5.41) is 33.0. The van der Waals surface area contributed by atoms with E-state index in [1.165, 1.54) is 0 Å². The van der Waals surface area contributed by atoms with Gasteiger partial charge in [-0.1, -0.05) is 44.2 Å². The van der Waals surface area contributed by atoms with Crippen molar-refractivity contribution in [3.05, 3.63) is 70.0 Å². The molecular weight excluding hydrogens is 457 g/mol. The van der Waals surface area contributed by atoms with Crippen LogP contribution in [0.2, 0.25) is 0 Å². The van der Waals surface area contributed by atoms with Crippen molar-refractivity contribution in [3.63, 3.8) is 0 Å². The van der Waals surface area contributed by atoms with Crippen molar-refractivity contribution in [1.29, 1.82) is 0 Å². The SMILES string of the molecule is CC(C)CN(C[C@@H](O)[C@H](Cc1ccccc1)NC(=O)O)S(=O)(=O)c1ccc([N+](=O)[O-])c(F)c1. The summed E-state index contributed by atoms with van der Waals surface area (Å²) < 4.78 is 41.4. The maximum absolute atomic E-state index is 14.1. The van der Waals surface area contributed by atoms with Crippen molar-refractivity contribution in [3.8, 4) is 0 Å². The molecule has 1 amide bonds. The van der Waals surface area contributed by atoms with Crippen LogP contribution in [-0.4, -0.2) is 59.2 Å². The van der Waals surface area contributed by atoms with Crippen LogP contribution in [0.3, 0.4) is 0 Å². The van der Waals surface area contributed by atoms with Crippen LogP contribution in [0.1, 0.15) is 19.4 Å². The Hall–Kier alpha value is -3.09. The number of amides is 1.